The van der Waals surface area contributed by atoms with Gasteiger partial charge in [0.2, 0.25) is 0 Å². The highest BCUT2D eigenvalue weighted by molar-refractivity contribution is 7.99. The zero-order valence-corrected chi connectivity index (χ0v) is 14.2. The van der Waals surface area contributed by atoms with Crippen LogP contribution < -0.4 is 5.32 Å². The monoisotopic (exact) mass is 375 g/mol. The van der Waals surface area contributed by atoms with Crippen LogP contribution in [0.15, 0.2) is 47.4 Å². The largest absolute Gasteiger partial charge is 0.352 e. The topological polar surface area (TPSA) is 29.1 Å². The normalized spacial score (nSPS) is 10.8. The number of hydrogen-bond donors (Lipinski definition) is 1. The number of nitrogens with one attached hydrogen (secondary N) is 1. The van der Waals surface area contributed by atoms with Crippen LogP contribution in [0.4, 0.5) is 8.78 Å². The molecule has 0 fully saturated rings. The summed E-state index contributed by atoms with van der Waals surface area (Å²) in [5, 5.41) is 3.78. The minimum Gasteiger partial charge on any atom is -0.352 e. The highest BCUT2D eigenvalue weighted by Crippen LogP contribution is 2.28. The van der Waals surface area contributed by atoms with Crippen molar-refractivity contribution >= 4 is 40.9 Å². The van der Waals surface area contributed by atoms with Crippen molar-refractivity contribution in [1.29, 1.82) is 0 Å². The van der Waals surface area contributed by atoms with Gasteiger partial charge in [-0.1, -0.05) is 53.2 Å². The molecule has 0 aliphatic heterocycles. The molecule has 1 N–H and O–H groups in total. The van der Waals surface area contributed by atoms with Gasteiger partial charge in [-0.25, -0.2) is 0 Å². The average Bonchev–Trinajstić information content (AvgIpc) is 2.49. The van der Waals surface area contributed by atoms with E-state index in [1.807, 2.05) is 0 Å². The minimum absolute atomic E-state index is 0.236. The first-order valence-electron chi connectivity index (χ1n) is 6.73. The third kappa shape index (κ3) is 5.37. The van der Waals surface area contributed by atoms with E-state index >= 15 is 0 Å². The maximum Gasteiger partial charge on any atom is 0.288 e. The number of hydrogen-bond acceptors (Lipinski definition) is 2. The number of amides is 1. The van der Waals surface area contributed by atoms with Gasteiger partial charge in [0, 0.05) is 21.5 Å². The first-order chi connectivity index (χ1) is 11.0. The number of carbonyl (C=O) groups excluding carboxylic acids is 1. The van der Waals surface area contributed by atoms with E-state index < -0.39 is 5.76 Å². The molecule has 0 aliphatic rings. The third-order valence-electron chi connectivity index (χ3n) is 3.04. The van der Waals surface area contributed by atoms with E-state index in [9.17, 15) is 13.6 Å². The summed E-state index contributed by atoms with van der Waals surface area (Å²) < 4.78 is 25.0. The van der Waals surface area contributed by atoms with Gasteiger partial charge in [-0.05, 0) is 36.2 Å². The lowest BCUT2D eigenvalue weighted by atomic mass is 10.1. The van der Waals surface area contributed by atoms with Gasteiger partial charge >= 0.3 is 0 Å². The molecular weight excluding hydrogens is 363 g/mol. The Morgan fingerprint density at radius 3 is 2.61 bits per heavy atom. The molecule has 0 aliphatic carbocycles. The lowest BCUT2D eigenvalue weighted by molar-refractivity contribution is 0.0951. The van der Waals surface area contributed by atoms with Crippen LogP contribution in [0.5, 0.6) is 0 Å². The Hall–Kier alpha value is -1.30. The lowest BCUT2D eigenvalue weighted by Crippen LogP contribution is -2.26. The van der Waals surface area contributed by atoms with E-state index in [1.54, 1.807) is 30.3 Å². The van der Waals surface area contributed by atoms with Crippen LogP contribution in [0, 0.1) is 0 Å². The molecule has 0 aromatic heterocycles. The molecule has 122 valence electrons. The molecule has 0 unspecified atom stereocenters. The summed E-state index contributed by atoms with van der Waals surface area (Å²) in [7, 11) is 0. The summed E-state index contributed by atoms with van der Waals surface area (Å²) in [5.74, 6) is -2.96. The van der Waals surface area contributed by atoms with E-state index in [0.717, 1.165) is 5.56 Å². The van der Waals surface area contributed by atoms with E-state index in [1.165, 1.54) is 12.1 Å². The molecule has 0 radical (unpaired) electrons. The molecule has 2 aromatic rings. The SMILES string of the molecule is O=C(NCCc1ccc(Cl)cc1Cl)c1ccccc1SC(F)F. The molecule has 2 rings (SSSR count). The van der Waals surface area contributed by atoms with Crippen LogP contribution in [-0.2, 0) is 6.42 Å². The maximum atomic E-state index is 12.5. The summed E-state index contributed by atoms with van der Waals surface area (Å²) in [6.45, 7) is 0.341. The van der Waals surface area contributed by atoms with Crippen molar-refractivity contribution in [2.75, 3.05) is 6.54 Å². The molecule has 1 amide bonds. The molecular formula is C16H13Cl2F2NOS. The first-order valence-corrected chi connectivity index (χ1v) is 8.37. The predicted octanol–water partition coefficient (Wildman–Crippen LogP) is 5.28. The van der Waals surface area contributed by atoms with Crippen molar-refractivity contribution < 1.29 is 13.6 Å². The second-order valence-electron chi connectivity index (χ2n) is 4.62. The van der Waals surface area contributed by atoms with Gasteiger partial charge in [0.25, 0.3) is 11.7 Å². The number of thioether (sulfide) groups is 1. The molecule has 0 atom stereocenters. The van der Waals surface area contributed by atoms with Gasteiger partial charge in [0.15, 0.2) is 0 Å². The third-order valence-corrected chi connectivity index (χ3v) is 4.42. The van der Waals surface area contributed by atoms with Gasteiger partial charge < -0.3 is 5.32 Å². The lowest BCUT2D eigenvalue weighted by Gasteiger charge is -2.10. The van der Waals surface area contributed by atoms with Crippen molar-refractivity contribution in [2.45, 2.75) is 17.1 Å². The zero-order valence-electron chi connectivity index (χ0n) is 11.9. The van der Waals surface area contributed by atoms with Gasteiger partial charge in [-0.2, -0.15) is 8.78 Å². The number of rotatable bonds is 6. The maximum absolute atomic E-state index is 12.5. The molecule has 0 saturated carbocycles. The highest BCUT2D eigenvalue weighted by Gasteiger charge is 2.14. The van der Waals surface area contributed by atoms with Crippen molar-refractivity contribution in [2.24, 2.45) is 0 Å². The molecule has 7 heteroatoms. The molecule has 0 bridgehead atoms. The first kappa shape index (κ1) is 18.0. The molecule has 2 aromatic carbocycles. The molecule has 0 spiro atoms. The number of halogens is 4. The fourth-order valence-corrected chi connectivity index (χ4v) is 3.12. The summed E-state index contributed by atoms with van der Waals surface area (Å²) >= 11 is 12.2. The van der Waals surface area contributed by atoms with Crippen LogP contribution in [0.3, 0.4) is 0 Å². The highest BCUT2D eigenvalue weighted by atomic mass is 35.5. The van der Waals surface area contributed by atoms with Crippen LogP contribution in [0.2, 0.25) is 10.0 Å². The van der Waals surface area contributed by atoms with Gasteiger partial charge in [0.05, 0.1) is 5.56 Å². The molecule has 23 heavy (non-hydrogen) atoms. The zero-order chi connectivity index (χ0) is 16.8. The Morgan fingerprint density at radius 1 is 1.17 bits per heavy atom. The Morgan fingerprint density at radius 2 is 1.91 bits per heavy atom. The van der Waals surface area contributed by atoms with Crippen molar-refractivity contribution in [3.63, 3.8) is 0 Å². The Kier molecular flexibility index (Phi) is 6.69. The molecule has 2 nitrogen and oxygen atoms in total. The van der Waals surface area contributed by atoms with Crippen molar-refractivity contribution in [3.05, 3.63) is 63.6 Å². The Labute approximate surface area is 147 Å². The summed E-state index contributed by atoms with van der Waals surface area (Å²) in [4.78, 5) is 12.4. The second kappa shape index (κ2) is 8.52. The Bertz CT molecular complexity index is 698. The van der Waals surface area contributed by atoms with Gasteiger partial charge in [0.1, 0.15) is 0 Å². The second-order valence-corrected chi connectivity index (χ2v) is 6.49. The van der Waals surface area contributed by atoms with E-state index in [-0.39, 0.29) is 16.4 Å². The average molecular weight is 376 g/mol. The summed E-state index contributed by atoms with van der Waals surface area (Å²) in [6, 6.07) is 11.4. The van der Waals surface area contributed by atoms with E-state index in [0.29, 0.717) is 34.8 Å². The summed E-state index contributed by atoms with van der Waals surface area (Å²) in [5.41, 5.74) is 1.09. The van der Waals surface area contributed by atoms with Crippen LogP contribution >= 0.6 is 35.0 Å². The van der Waals surface area contributed by atoms with E-state index in [4.69, 9.17) is 23.2 Å². The van der Waals surface area contributed by atoms with Gasteiger partial charge in [-0.15, -0.1) is 0 Å². The predicted molar refractivity (Wildman–Crippen MR) is 90.8 cm³/mol. The van der Waals surface area contributed by atoms with Gasteiger partial charge in [-0.3, -0.25) is 4.79 Å². The standard InChI is InChI=1S/C16H13Cl2F2NOS/c17-11-6-5-10(13(18)9-11)7-8-21-15(22)12-3-1-2-4-14(12)23-16(19)20/h1-6,9,16H,7-8H2,(H,21,22). The van der Waals surface area contributed by atoms with Crippen LogP contribution in [0.25, 0.3) is 0 Å². The smallest absolute Gasteiger partial charge is 0.288 e. The fraction of sp³-hybridized carbons (Fsp3) is 0.188. The summed E-state index contributed by atoms with van der Waals surface area (Å²) in [6.07, 6.45) is 0.520. The Balaban J connectivity index is 1.97. The minimum atomic E-state index is -2.57. The van der Waals surface area contributed by atoms with Crippen LogP contribution in [0.1, 0.15) is 15.9 Å². The molecule has 0 saturated heterocycles. The quantitative estimate of drug-likeness (QED) is 0.695. The fourth-order valence-electron chi connectivity index (χ4n) is 1.98. The number of alkyl halides is 2. The number of benzene rings is 2. The molecule has 0 heterocycles. The van der Waals surface area contributed by atoms with Crippen LogP contribution in [-0.4, -0.2) is 18.2 Å². The van der Waals surface area contributed by atoms with Crippen molar-refractivity contribution in [1.82, 2.24) is 5.32 Å². The van der Waals surface area contributed by atoms with Crippen molar-refractivity contribution in [3.8, 4) is 0 Å². The van der Waals surface area contributed by atoms with E-state index in [2.05, 4.69) is 5.32 Å². The number of carbonyl (C=O) groups is 1.